The summed E-state index contributed by atoms with van der Waals surface area (Å²) in [5.41, 5.74) is 1.79. The number of rotatable bonds is 5. The van der Waals surface area contributed by atoms with Gasteiger partial charge in [-0.15, -0.1) is 0 Å². The van der Waals surface area contributed by atoms with Crippen LogP contribution in [0.3, 0.4) is 0 Å². The molecular formula is C22H20N2O5S. The van der Waals surface area contributed by atoms with Crippen molar-refractivity contribution in [2.45, 2.75) is 17.9 Å². The molecule has 0 radical (unpaired) electrons. The highest BCUT2D eigenvalue weighted by Gasteiger charge is 2.27. The highest BCUT2D eigenvalue weighted by atomic mass is 32.2. The minimum Gasteiger partial charge on any atom is -0.485 e. The lowest BCUT2D eigenvalue weighted by atomic mass is 10.2. The van der Waals surface area contributed by atoms with Crippen LogP contribution in [-0.2, 0) is 14.8 Å². The van der Waals surface area contributed by atoms with Gasteiger partial charge in [0.15, 0.2) is 11.5 Å². The smallest absolute Gasteiger partial charge is 0.269 e. The predicted octanol–water partition coefficient (Wildman–Crippen LogP) is 3.57. The Hall–Kier alpha value is -3.52. The molecular weight excluding hydrogens is 404 g/mol. The number of ether oxygens (including phenoxy) is 2. The van der Waals surface area contributed by atoms with Crippen LogP contribution in [0, 0.1) is 6.92 Å². The minimum atomic E-state index is -3.74. The Morgan fingerprint density at radius 1 is 0.933 bits per heavy atom. The van der Waals surface area contributed by atoms with Crippen molar-refractivity contribution in [2.75, 3.05) is 16.6 Å². The molecule has 1 aliphatic rings. The molecule has 0 aliphatic carbocycles. The third-order valence-corrected chi connectivity index (χ3v) is 6.00. The first-order valence-corrected chi connectivity index (χ1v) is 10.8. The molecule has 8 heteroatoms. The molecule has 3 aromatic carbocycles. The van der Waals surface area contributed by atoms with Crippen LogP contribution in [-0.4, -0.2) is 27.0 Å². The van der Waals surface area contributed by atoms with Crippen LogP contribution in [0.5, 0.6) is 11.5 Å². The zero-order valence-corrected chi connectivity index (χ0v) is 17.0. The van der Waals surface area contributed by atoms with Gasteiger partial charge in [-0.1, -0.05) is 30.3 Å². The van der Waals surface area contributed by atoms with E-state index in [0.717, 1.165) is 5.56 Å². The average molecular weight is 424 g/mol. The van der Waals surface area contributed by atoms with Crippen LogP contribution >= 0.6 is 0 Å². The molecule has 7 nitrogen and oxygen atoms in total. The first kappa shape index (κ1) is 19.8. The van der Waals surface area contributed by atoms with Gasteiger partial charge >= 0.3 is 0 Å². The number of fused-ring (bicyclic) bond motifs is 1. The lowest BCUT2D eigenvalue weighted by Gasteiger charge is -2.25. The van der Waals surface area contributed by atoms with Crippen molar-refractivity contribution in [1.82, 2.24) is 0 Å². The summed E-state index contributed by atoms with van der Waals surface area (Å²) in [6, 6.07) is 20.2. The lowest BCUT2D eigenvalue weighted by molar-refractivity contribution is -0.125. The van der Waals surface area contributed by atoms with E-state index in [-0.39, 0.29) is 17.4 Å². The van der Waals surface area contributed by atoms with Crippen LogP contribution in [0.4, 0.5) is 11.4 Å². The first-order chi connectivity index (χ1) is 14.4. The van der Waals surface area contributed by atoms with Crippen LogP contribution in [0.15, 0.2) is 77.7 Å². The summed E-state index contributed by atoms with van der Waals surface area (Å²) in [6.45, 7) is 1.92. The van der Waals surface area contributed by atoms with E-state index in [2.05, 4.69) is 10.0 Å². The van der Waals surface area contributed by atoms with Gasteiger partial charge in [-0.05, 0) is 55.0 Å². The molecule has 3 aromatic rings. The van der Waals surface area contributed by atoms with Crippen molar-refractivity contribution in [2.24, 2.45) is 0 Å². The summed E-state index contributed by atoms with van der Waals surface area (Å²) >= 11 is 0. The van der Waals surface area contributed by atoms with Gasteiger partial charge in [0.1, 0.15) is 6.61 Å². The zero-order chi connectivity index (χ0) is 21.1. The molecule has 1 atom stereocenters. The Labute approximate surface area is 174 Å². The molecule has 0 aromatic heterocycles. The number of anilines is 2. The van der Waals surface area contributed by atoms with E-state index in [1.807, 2.05) is 25.1 Å². The number of sulfonamides is 1. The number of hydrogen-bond acceptors (Lipinski definition) is 5. The Kier molecular flexibility index (Phi) is 5.33. The Morgan fingerprint density at radius 3 is 2.33 bits per heavy atom. The van der Waals surface area contributed by atoms with Gasteiger partial charge in [-0.2, -0.15) is 0 Å². The van der Waals surface area contributed by atoms with Gasteiger partial charge in [0.2, 0.25) is 6.10 Å². The molecule has 0 spiro atoms. The SMILES string of the molecule is Cc1ccccc1NS(=O)(=O)c1ccc(NC(=O)[C@H]2COc3ccccc3O2)cc1. The van der Waals surface area contributed by atoms with E-state index in [0.29, 0.717) is 22.9 Å². The minimum absolute atomic E-state index is 0.0925. The van der Waals surface area contributed by atoms with Crippen LogP contribution in [0.2, 0.25) is 0 Å². The second-order valence-corrected chi connectivity index (χ2v) is 8.48. The summed E-state index contributed by atoms with van der Waals surface area (Å²) in [6.07, 6.45) is -0.800. The molecule has 4 rings (SSSR count). The van der Waals surface area contributed by atoms with Crippen molar-refractivity contribution in [3.63, 3.8) is 0 Å². The summed E-state index contributed by atoms with van der Waals surface area (Å²) in [5.74, 6) is 0.725. The normalized spacial score (nSPS) is 15.3. The second kappa shape index (κ2) is 8.08. The van der Waals surface area contributed by atoms with Gasteiger partial charge in [0.05, 0.1) is 10.6 Å². The number of benzene rings is 3. The molecule has 2 N–H and O–H groups in total. The van der Waals surface area contributed by atoms with E-state index < -0.39 is 16.1 Å². The predicted molar refractivity (Wildman–Crippen MR) is 113 cm³/mol. The number of amides is 1. The summed E-state index contributed by atoms with van der Waals surface area (Å²) in [7, 11) is -3.74. The third-order valence-electron chi connectivity index (χ3n) is 4.62. The van der Waals surface area contributed by atoms with Gasteiger partial charge in [-0.3, -0.25) is 9.52 Å². The van der Waals surface area contributed by atoms with Crippen LogP contribution in [0.1, 0.15) is 5.56 Å². The molecule has 0 bridgehead atoms. The topological polar surface area (TPSA) is 93.7 Å². The van der Waals surface area contributed by atoms with Crippen molar-refractivity contribution >= 4 is 27.3 Å². The maximum absolute atomic E-state index is 12.6. The lowest BCUT2D eigenvalue weighted by Crippen LogP contribution is -2.40. The standard InChI is InChI=1S/C22H20N2O5S/c1-15-6-2-3-7-18(15)24-30(26,27)17-12-10-16(11-13-17)23-22(25)21-14-28-19-8-4-5-9-20(19)29-21/h2-13,21,24H,14H2,1H3,(H,23,25)/t21-/m1/s1. The fourth-order valence-corrected chi connectivity index (χ4v) is 4.11. The Balaban J connectivity index is 1.42. The van der Waals surface area contributed by atoms with Gasteiger partial charge in [0, 0.05) is 5.69 Å². The largest absolute Gasteiger partial charge is 0.485 e. The molecule has 1 aliphatic heterocycles. The fraction of sp³-hybridized carbons (Fsp3) is 0.136. The number of aryl methyl sites for hydroxylation is 1. The number of hydrogen-bond donors (Lipinski definition) is 2. The maximum Gasteiger partial charge on any atom is 0.269 e. The van der Waals surface area contributed by atoms with E-state index in [4.69, 9.17) is 9.47 Å². The Morgan fingerprint density at radius 2 is 1.60 bits per heavy atom. The van der Waals surface area contributed by atoms with E-state index >= 15 is 0 Å². The van der Waals surface area contributed by atoms with E-state index in [1.165, 1.54) is 24.3 Å². The van der Waals surface area contributed by atoms with E-state index in [9.17, 15) is 13.2 Å². The first-order valence-electron chi connectivity index (χ1n) is 9.30. The number of para-hydroxylation sites is 3. The maximum atomic E-state index is 12.6. The summed E-state index contributed by atoms with van der Waals surface area (Å²) in [5, 5.41) is 2.72. The fourth-order valence-electron chi connectivity index (χ4n) is 2.98. The molecule has 0 saturated carbocycles. The average Bonchev–Trinajstić information content (AvgIpc) is 2.75. The molecule has 1 heterocycles. The van der Waals surface area contributed by atoms with Crippen LogP contribution in [0.25, 0.3) is 0 Å². The number of carbonyl (C=O) groups excluding carboxylic acids is 1. The van der Waals surface area contributed by atoms with Crippen molar-refractivity contribution in [3.8, 4) is 11.5 Å². The summed E-state index contributed by atoms with van der Waals surface area (Å²) in [4.78, 5) is 12.6. The highest BCUT2D eigenvalue weighted by molar-refractivity contribution is 7.92. The van der Waals surface area contributed by atoms with Crippen LogP contribution < -0.4 is 19.5 Å². The molecule has 0 unspecified atom stereocenters. The van der Waals surface area contributed by atoms with Crippen molar-refractivity contribution < 1.29 is 22.7 Å². The number of carbonyl (C=O) groups is 1. The monoisotopic (exact) mass is 424 g/mol. The molecule has 154 valence electrons. The second-order valence-electron chi connectivity index (χ2n) is 6.80. The van der Waals surface area contributed by atoms with Gasteiger partial charge < -0.3 is 14.8 Å². The quantitative estimate of drug-likeness (QED) is 0.653. The number of nitrogens with one attached hydrogen (secondary N) is 2. The van der Waals surface area contributed by atoms with Crippen molar-refractivity contribution in [3.05, 3.63) is 78.4 Å². The highest BCUT2D eigenvalue weighted by Crippen LogP contribution is 2.31. The molecule has 0 saturated heterocycles. The molecule has 0 fully saturated rings. The van der Waals surface area contributed by atoms with Crippen molar-refractivity contribution in [1.29, 1.82) is 0 Å². The zero-order valence-electron chi connectivity index (χ0n) is 16.2. The summed E-state index contributed by atoms with van der Waals surface area (Å²) < 4.78 is 39.0. The van der Waals surface area contributed by atoms with Gasteiger partial charge in [-0.25, -0.2) is 8.42 Å². The Bertz CT molecular complexity index is 1180. The third kappa shape index (κ3) is 4.23. The molecule has 1 amide bonds. The molecule has 30 heavy (non-hydrogen) atoms. The van der Waals surface area contributed by atoms with E-state index in [1.54, 1.807) is 30.3 Å². The van der Waals surface area contributed by atoms with Gasteiger partial charge in [0.25, 0.3) is 15.9 Å².